The van der Waals surface area contributed by atoms with Gasteiger partial charge in [-0.1, -0.05) is 0 Å². The molecule has 0 saturated heterocycles. The Morgan fingerprint density at radius 3 is 2.81 bits per heavy atom. The van der Waals surface area contributed by atoms with Crippen LogP contribution in [0.15, 0.2) is 27.8 Å². The third kappa shape index (κ3) is 2.86. The van der Waals surface area contributed by atoms with Crippen molar-refractivity contribution in [1.82, 2.24) is 10.6 Å². The van der Waals surface area contributed by atoms with E-state index in [4.69, 9.17) is 9.15 Å². The molecule has 0 radical (unpaired) electrons. The summed E-state index contributed by atoms with van der Waals surface area (Å²) in [6.07, 6.45) is 0. The molecule has 21 heavy (non-hydrogen) atoms. The lowest BCUT2D eigenvalue weighted by molar-refractivity contribution is -0.402. The van der Waals surface area contributed by atoms with Crippen molar-refractivity contribution in [3.05, 3.63) is 39.3 Å². The minimum atomic E-state index is -0.938. The van der Waals surface area contributed by atoms with Crippen LogP contribution in [0, 0.1) is 10.1 Å². The SMILES string of the molecule is CCOC(=O)C1=C(C)NC(=O)N[C@@H]1c1ccc([N+](=O)[O-])o1. The summed E-state index contributed by atoms with van der Waals surface area (Å²) >= 11 is 0. The van der Waals surface area contributed by atoms with E-state index in [2.05, 4.69) is 10.6 Å². The number of hydrogen-bond acceptors (Lipinski definition) is 6. The van der Waals surface area contributed by atoms with E-state index >= 15 is 0 Å². The molecule has 0 aromatic carbocycles. The van der Waals surface area contributed by atoms with Gasteiger partial charge in [0.25, 0.3) is 0 Å². The molecule has 0 spiro atoms. The number of urea groups is 1. The molecule has 2 amide bonds. The lowest BCUT2D eigenvalue weighted by Crippen LogP contribution is -2.45. The van der Waals surface area contributed by atoms with Crippen LogP contribution in [0.5, 0.6) is 0 Å². The molecule has 1 aliphatic heterocycles. The van der Waals surface area contributed by atoms with E-state index in [1.54, 1.807) is 6.92 Å². The third-order valence-electron chi connectivity index (χ3n) is 2.84. The monoisotopic (exact) mass is 295 g/mol. The van der Waals surface area contributed by atoms with E-state index in [1.807, 2.05) is 0 Å². The molecule has 1 atom stereocenters. The fraction of sp³-hybridized carbons (Fsp3) is 0.333. The fourth-order valence-electron chi connectivity index (χ4n) is 1.98. The average Bonchev–Trinajstić information content (AvgIpc) is 2.87. The van der Waals surface area contributed by atoms with E-state index in [-0.39, 0.29) is 17.9 Å². The minimum absolute atomic E-state index is 0.0824. The zero-order valence-electron chi connectivity index (χ0n) is 11.3. The second-order valence-corrected chi connectivity index (χ2v) is 4.22. The van der Waals surface area contributed by atoms with Gasteiger partial charge >= 0.3 is 17.9 Å². The summed E-state index contributed by atoms with van der Waals surface area (Å²) in [5.74, 6) is -1.02. The van der Waals surface area contributed by atoms with E-state index < -0.39 is 28.8 Å². The Kier molecular flexibility index (Phi) is 3.92. The Bertz CT molecular complexity index is 633. The predicted molar refractivity (Wildman–Crippen MR) is 69.1 cm³/mol. The number of ether oxygens (including phenoxy) is 1. The predicted octanol–water partition coefficient (Wildman–Crippen LogP) is 1.38. The van der Waals surface area contributed by atoms with Gasteiger partial charge in [0.15, 0.2) is 0 Å². The van der Waals surface area contributed by atoms with Crippen LogP contribution in [-0.4, -0.2) is 23.5 Å². The molecule has 0 aliphatic carbocycles. The van der Waals surface area contributed by atoms with Gasteiger partial charge in [-0.05, 0) is 19.9 Å². The lowest BCUT2D eigenvalue weighted by Gasteiger charge is -2.26. The summed E-state index contributed by atoms with van der Waals surface area (Å²) in [7, 11) is 0. The number of nitrogens with one attached hydrogen (secondary N) is 2. The van der Waals surface area contributed by atoms with Crippen LogP contribution in [-0.2, 0) is 9.53 Å². The first kappa shape index (κ1) is 14.6. The minimum Gasteiger partial charge on any atom is -0.463 e. The fourth-order valence-corrected chi connectivity index (χ4v) is 1.98. The van der Waals surface area contributed by atoms with Crippen molar-refractivity contribution in [2.24, 2.45) is 0 Å². The van der Waals surface area contributed by atoms with E-state index in [1.165, 1.54) is 13.0 Å². The lowest BCUT2D eigenvalue weighted by atomic mass is 10.0. The van der Waals surface area contributed by atoms with Crippen LogP contribution in [0.3, 0.4) is 0 Å². The first-order valence-electron chi connectivity index (χ1n) is 6.13. The smallest absolute Gasteiger partial charge is 0.433 e. The molecule has 2 N–H and O–H groups in total. The summed E-state index contributed by atoms with van der Waals surface area (Å²) in [6, 6.07) is 1.01. The summed E-state index contributed by atoms with van der Waals surface area (Å²) in [5.41, 5.74) is 0.446. The number of carbonyl (C=O) groups excluding carboxylic acids is 2. The van der Waals surface area contributed by atoms with Gasteiger partial charge in [-0.3, -0.25) is 10.1 Å². The number of furan rings is 1. The van der Waals surface area contributed by atoms with Crippen molar-refractivity contribution in [2.45, 2.75) is 19.9 Å². The quantitative estimate of drug-likeness (QED) is 0.491. The first-order chi connectivity index (χ1) is 9.93. The molecule has 0 unspecified atom stereocenters. The number of amides is 2. The van der Waals surface area contributed by atoms with Crippen molar-refractivity contribution in [3.8, 4) is 0 Å². The maximum Gasteiger partial charge on any atom is 0.433 e. The summed E-state index contributed by atoms with van der Waals surface area (Å²) in [5, 5.41) is 15.6. The molecule has 9 nitrogen and oxygen atoms in total. The van der Waals surface area contributed by atoms with Gasteiger partial charge in [-0.15, -0.1) is 0 Å². The van der Waals surface area contributed by atoms with Crippen LogP contribution in [0.25, 0.3) is 0 Å². The Morgan fingerprint density at radius 1 is 1.52 bits per heavy atom. The van der Waals surface area contributed by atoms with Crippen molar-refractivity contribution in [2.75, 3.05) is 6.61 Å². The van der Waals surface area contributed by atoms with Gasteiger partial charge in [0.05, 0.1) is 18.2 Å². The van der Waals surface area contributed by atoms with Crippen LogP contribution >= 0.6 is 0 Å². The van der Waals surface area contributed by atoms with E-state index in [0.29, 0.717) is 5.70 Å². The van der Waals surface area contributed by atoms with Crippen LogP contribution in [0.2, 0.25) is 0 Å². The normalized spacial score (nSPS) is 18.0. The summed E-state index contributed by atoms with van der Waals surface area (Å²) in [6.45, 7) is 3.35. The molecule has 2 heterocycles. The van der Waals surface area contributed by atoms with Gasteiger partial charge in [-0.2, -0.15) is 0 Å². The number of esters is 1. The van der Waals surface area contributed by atoms with Crippen LogP contribution < -0.4 is 10.6 Å². The third-order valence-corrected chi connectivity index (χ3v) is 2.84. The Labute approximate surface area is 119 Å². The van der Waals surface area contributed by atoms with Gasteiger partial charge < -0.3 is 19.8 Å². The molecule has 1 aromatic heterocycles. The van der Waals surface area contributed by atoms with E-state index in [0.717, 1.165) is 6.07 Å². The van der Waals surface area contributed by atoms with Crippen LogP contribution in [0.1, 0.15) is 25.6 Å². The maximum absolute atomic E-state index is 12.0. The molecule has 0 saturated carbocycles. The molecular formula is C12H13N3O6. The summed E-state index contributed by atoms with van der Waals surface area (Å²) in [4.78, 5) is 33.5. The molecule has 1 aliphatic rings. The highest BCUT2D eigenvalue weighted by Crippen LogP contribution is 2.30. The number of nitrogens with zero attached hydrogens (tertiary/aromatic N) is 1. The van der Waals surface area contributed by atoms with E-state index in [9.17, 15) is 19.7 Å². The topological polar surface area (TPSA) is 124 Å². The molecule has 9 heteroatoms. The average molecular weight is 295 g/mol. The Hall–Kier alpha value is -2.84. The molecule has 1 aromatic rings. The molecule has 112 valence electrons. The van der Waals surface area contributed by atoms with Crippen molar-refractivity contribution < 1.29 is 23.7 Å². The van der Waals surface area contributed by atoms with Gasteiger partial charge in [0, 0.05) is 5.70 Å². The van der Waals surface area contributed by atoms with Crippen molar-refractivity contribution in [1.29, 1.82) is 0 Å². The molecular weight excluding hydrogens is 282 g/mol. The van der Waals surface area contributed by atoms with Crippen molar-refractivity contribution in [3.63, 3.8) is 0 Å². The number of nitro groups is 1. The molecule has 2 rings (SSSR count). The zero-order valence-corrected chi connectivity index (χ0v) is 11.3. The number of hydrogen-bond donors (Lipinski definition) is 2. The largest absolute Gasteiger partial charge is 0.463 e. The Morgan fingerprint density at radius 2 is 2.24 bits per heavy atom. The second-order valence-electron chi connectivity index (χ2n) is 4.22. The number of rotatable bonds is 4. The van der Waals surface area contributed by atoms with Crippen LogP contribution in [0.4, 0.5) is 10.7 Å². The highest BCUT2D eigenvalue weighted by Gasteiger charge is 2.34. The van der Waals surface area contributed by atoms with Gasteiger partial charge in [0.2, 0.25) is 0 Å². The molecule has 0 bridgehead atoms. The van der Waals surface area contributed by atoms with Gasteiger partial charge in [0.1, 0.15) is 16.7 Å². The molecule has 0 fully saturated rings. The standard InChI is InChI=1S/C12H13N3O6/c1-3-20-11(16)9-6(2)13-12(17)14-10(9)7-4-5-8(21-7)15(18)19/h4-5,10H,3H2,1-2H3,(H2,13,14,17)/t10-/m1/s1. The zero-order chi connectivity index (χ0) is 15.6. The second kappa shape index (κ2) is 5.65. The van der Waals surface area contributed by atoms with Gasteiger partial charge in [-0.25, -0.2) is 9.59 Å². The number of carbonyl (C=O) groups is 2. The summed E-state index contributed by atoms with van der Waals surface area (Å²) < 4.78 is 9.99. The maximum atomic E-state index is 12.0. The first-order valence-corrected chi connectivity index (χ1v) is 6.13. The number of allylic oxidation sites excluding steroid dienone is 1. The van der Waals surface area contributed by atoms with Crippen molar-refractivity contribution >= 4 is 17.9 Å². The highest BCUT2D eigenvalue weighted by molar-refractivity contribution is 5.94. The highest BCUT2D eigenvalue weighted by atomic mass is 16.6. The Balaban J connectivity index is 2.41.